The number of hydrogen-bond acceptors (Lipinski definition) is 3. The predicted molar refractivity (Wildman–Crippen MR) is 113 cm³/mol. The van der Waals surface area contributed by atoms with Gasteiger partial charge in [-0.2, -0.15) is 5.26 Å². The molecule has 1 unspecified atom stereocenters. The van der Waals surface area contributed by atoms with Gasteiger partial charge >= 0.3 is 0 Å². The smallest absolute Gasteiger partial charge is 0.255 e. The monoisotopic (exact) mass is 395 g/mol. The number of carbonyl (C=O) groups excluding carboxylic acids is 2. The summed E-state index contributed by atoms with van der Waals surface area (Å²) < 4.78 is 0. The van der Waals surface area contributed by atoms with Crippen molar-refractivity contribution in [1.82, 2.24) is 4.90 Å². The molecule has 148 valence electrons. The first-order valence-electron chi connectivity index (χ1n) is 9.85. The van der Waals surface area contributed by atoms with Crippen molar-refractivity contribution in [3.63, 3.8) is 0 Å². The van der Waals surface area contributed by atoms with Gasteiger partial charge in [0.1, 0.15) is 6.04 Å². The third kappa shape index (κ3) is 3.56. The third-order valence-electron chi connectivity index (χ3n) is 5.58. The fourth-order valence-electron chi connectivity index (χ4n) is 4.20. The summed E-state index contributed by atoms with van der Waals surface area (Å²) in [6.07, 6.45) is 1.43. The Hall–Kier alpha value is -3.91. The highest BCUT2D eigenvalue weighted by Crippen LogP contribution is 2.41. The van der Waals surface area contributed by atoms with E-state index in [2.05, 4.69) is 6.07 Å². The zero-order chi connectivity index (χ0) is 21.1. The molecule has 0 spiro atoms. The molecule has 0 heterocycles. The molecule has 2 amide bonds. The van der Waals surface area contributed by atoms with Gasteiger partial charge in [-0.05, 0) is 53.8 Å². The Kier molecular flexibility index (Phi) is 5.32. The normalized spacial score (nSPS) is 15.6. The second-order valence-electron chi connectivity index (χ2n) is 7.37. The van der Waals surface area contributed by atoms with Crippen molar-refractivity contribution < 1.29 is 9.59 Å². The first-order chi connectivity index (χ1) is 14.6. The van der Waals surface area contributed by atoms with E-state index in [-0.39, 0.29) is 11.9 Å². The summed E-state index contributed by atoms with van der Waals surface area (Å²) in [7, 11) is 0. The molecule has 4 rings (SSSR count). The number of rotatable bonds is 5. The minimum absolute atomic E-state index is 0.261. The first kappa shape index (κ1) is 19.4. The average Bonchev–Trinajstić information content (AvgIpc) is 3.20. The van der Waals surface area contributed by atoms with Crippen LogP contribution in [-0.2, 0) is 11.2 Å². The van der Waals surface area contributed by atoms with Crippen molar-refractivity contribution in [3.8, 4) is 6.07 Å². The molecule has 0 saturated carbocycles. The van der Waals surface area contributed by atoms with Crippen LogP contribution in [0.1, 0.15) is 51.1 Å². The molecular formula is C25H21N3O2. The number of aryl methyl sites for hydroxylation is 1. The van der Waals surface area contributed by atoms with E-state index >= 15 is 0 Å². The van der Waals surface area contributed by atoms with Crippen molar-refractivity contribution in [3.05, 3.63) is 107 Å². The maximum atomic E-state index is 13.7. The van der Waals surface area contributed by atoms with E-state index in [4.69, 9.17) is 5.73 Å². The van der Waals surface area contributed by atoms with E-state index in [0.29, 0.717) is 23.1 Å². The number of amides is 2. The number of nitriles is 1. The van der Waals surface area contributed by atoms with Gasteiger partial charge in [-0.15, -0.1) is 0 Å². The van der Waals surface area contributed by atoms with Gasteiger partial charge in [-0.25, -0.2) is 0 Å². The van der Waals surface area contributed by atoms with Crippen LogP contribution in [0, 0.1) is 11.3 Å². The summed E-state index contributed by atoms with van der Waals surface area (Å²) in [5.41, 5.74) is 9.52. The lowest BCUT2D eigenvalue weighted by molar-refractivity contribution is -0.123. The number of primary amides is 1. The van der Waals surface area contributed by atoms with Gasteiger partial charge in [0.15, 0.2) is 0 Å². The zero-order valence-electron chi connectivity index (χ0n) is 16.4. The fraction of sp³-hybridized carbons (Fsp3) is 0.160. The predicted octanol–water partition coefficient (Wildman–Crippen LogP) is 3.91. The summed E-state index contributed by atoms with van der Waals surface area (Å²) in [4.78, 5) is 27.9. The highest BCUT2D eigenvalue weighted by molar-refractivity contribution is 5.98. The highest BCUT2D eigenvalue weighted by atomic mass is 16.2. The van der Waals surface area contributed by atoms with Crippen molar-refractivity contribution in [2.75, 3.05) is 0 Å². The largest absolute Gasteiger partial charge is 0.368 e. The summed E-state index contributed by atoms with van der Waals surface area (Å²) in [6, 6.07) is 24.5. The highest BCUT2D eigenvalue weighted by Gasteiger charge is 2.39. The van der Waals surface area contributed by atoms with Crippen LogP contribution in [0.4, 0.5) is 0 Å². The lowest BCUT2D eigenvalue weighted by atomic mass is 9.97. The van der Waals surface area contributed by atoms with Crippen molar-refractivity contribution >= 4 is 11.8 Å². The van der Waals surface area contributed by atoms with Crippen LogP contribution in [-0.4, -0.2) is 16.7 Å². The Balaban J connectivity index is 1.87. The molecule has 0 bridgehead atoms. The molecule has 1 aliphatic rings. The van der Waals surface area contributed by atoms with Gasteiger partial charge in [0.2, 0.25) is 5.91 Å². The number of nitrogens with zero attached hydrogens (tertiary/aromatic N) is 2. The first-order valence-corrected chi connectivity index (χ1v) is 9.85. The minimum Gasteiger partial charge on any atom is -0.368 e. The van der Waals surface area contributed by atoms with E-state index in [0.717, 1.165) is 17.5 Å². The number of carbonyl (C=O) groups is 2. The quantitative estimate of drug-likeness (QED) is 0.710. The Morgan fingerprint density at radius 1 is 1.00 bits per heavy atom. The number of benzene rings is 3. The van der Waals surface area contributed by atoms with Crippen LogP contribution in [0.25, 0.3) is 0 Å². The SMILES string of the molecule is N#Cc1ccc2c(c1)[C@H](N(C(=O)c1ccccc1)C(C(N)=O)c1ccccc1)CC2. The molecule has 0 radical (unpaired) electrons. The maximum Gasteiger partial charge on any atom is 0.255 e. The van der Waals surface area contributed by atoms with E-state index < -0.39 is 11.9 Å². The minimum atomic E-state index is -0.916. The molecule has 3 aromatic rings. The van der Waals surface area contributed by atoms with E-state index in [1.165, 1.54) is 0 Å². The van der Waals surface area contributed by atoms with Crippen LogP contribution >= 0.6 is 0 Å². The van der Waals surface area contributed by atoms with Crippen molar-refractivity contribution in [2.45, 2.75) is 24.9 Å². The second-order valence-corrected chi connectivity index (χ2v) is 7.37. The van der Waals surface area contributed by atoms with Crippen LogP contribution in [0.2, 0.25) is 0 Å². The van der Waals surface area contributed by atoms with E-state index in [1.807, 2.05) is 48.5 Å². The van der Waals surface area contributed by atoms with Crippen molar-refractivity contribution in [1.29, 1.82) is 5.26 Å². The molecule has 0 aliphatic heterocycles. The topological polar surface area (TPSA) is 87.2 Å². The Morgan fingerprint density at radius 3 is 2.30 bits per heavy atom. The summed E-state index contributed by atoms with van der Waals surface area (Å²) in [5, 5.41) is 9.35. The fourth-order valence-corrected chi connectivity index (χ4v) is 4.20. The molecule has 2 atom stereocenters. The van der Waals surface area contributed by atoms with Crippen LogP contribution < -0.4 is 5.73 Å². The van der Waals surface area contributed by atoms with Crippen LogP contribution in [0.3, 0.4) is 0 Å². The van der Waals surface area contributed by atoms with Gasteiger partial charge in [-0.1, -0.05) is 54.6 Å². The molecule has 5 nitrogen and oxygen atoms in total. The van der Waals surface area contributed by atoms with Gasteiger partial charge in [0, 0.05) is 5.56 Å². The van der Waals surface area contributed by atoms with Gasteiger partial charge in [0.25, 0.3) is 5.91 Å². The molecule has 2 N–H and O–H groups in total. The van der Waals surface area contributed by atoms with Crippen molar-refractivity contribution in [2.24, 2.45) is 5.73 Å². The van der Waals surface area contributed by atoms with Gasteiger partial charge in [-0.3, -0.25) is 9.59 Å². The second kappa shape index (κ2) is 8.22. The zero-order valence-corrected chi connectivity index (χ0v) is 16.4. The van der Waals surface area contributed by atoms with Gasteiger partial charge < -0.3 is 10.6 Å². The number of fused-ring (bicyclic) bond motifs is 1. The third-order valence-corrected chi connectivity index (χ3v) is 5.58. The number of hydrogen-bond donors (Lipinski definition) is 1. The van der Waals surface area contributed by atoms with Crippen LogP contribution in [0.5, 0.6) is 0 Å². The molecule has 0 fully saturated rings. The summed E-state index contributed by atoms with van der Waals surface area (Å²) in [5.74, 6) is -0.848. The average molecular weight is 395 g/mol. The van der Waals surface area contributed by atoms with E-state index in [1.54, 1.807) is 35.2 Å². The Labute approximate surface area is 175 Å². The Morgan fingerprint density at radius 2 is 1.67 bits per heavy atom. The molecule has 30 heavy (non-hydrogen) atoms. The lowest BCUT2D eigenvalue weighted by Gasteiger charge is -2.36. The maximum absolute atomic E-state index is 13.7. The summed E-state index contributed by atoms with van der Waals surface area (Å²) >= 11 is 0. The molecule has 5 heteroatoms. The molecular weight excluding hydrogens is 374 g/mol. The lowest BCUT2D eigenvalue weighted by Crippen LogP contribution is -2.43. The Bertz CT molecular complexity index is 1120. The number of nitrogens with two attached hydrogens (primary N) is 1. The van der Waals surface area contributed by atoms with Crippen LogP contribution in [0.15, 0.2) is 78.9 Å². The standard InChI is InChI=1S/C25H21N3O2/c26-16-17-11-12-18-13-14-22(21(18)15-17)28(25(30)20-9-5-2-6-10-20)23(24(27)29)19-7-3-1-4-8-19/h1-12,15,22-23H,13-14H2,(H2,27,29)/t22-,23?/m1/s1. The molecule has 0 aromatic heterocycles. The summed E-state index contributed by atoms with van der Waals surface area (Å²) in [6.45, 7) is 0. The molecule has 0 saturated heterocycles. The van der Waals surface area contributed by atoms with E-state index in [9.17, 15) is 14.9 Å². The van der Waals surface area contributed by atoms with Gasteiger partial charge in [0.05, 0.1) is 17.7 Å². The molecule has 1 aliphatic carbocycles. The molecule has 3 aromatic carbocycles.